The van der Waals surface area contributed by atoms with Gasteiger partial charge in [0.2, 0.25) is 0 Å². The van der Waals surface area contributed by atoms with Crippen molar-refractivity contribution < 1.29 is 4.74 Å². The molecule has 172 valence electrons. The Balaban J connectivity index is 1.60. The minimum atomic E-state index is 0.856. The van der Waals surface area contributed by atoms with E-state index < -0.39 is 0 Å². The number of para-hydroxylation sites is 2. The zero-order chi connectivity index (χ0) is 24.0. The van der Waals surface area contributed by atoms with Crippen LogP contribution in [0.5, 0.6) is 5.75 Å². The summed E-state index contributed by atoms with van der Waals surface area (Å²) in [7, 11) is 1.70. The lowest BCUT2D eigenvalue weighted by Gasteiger charge is -2.29. The Kier molecular flexibility index (Phi) is 6.78. The maximum atomic E-state index is 5.38. The van der Waals surface area contributed by atoms with Crippen LogP contribution >= 0.6 is 11.3 Å². The van der Waals surface area contributed by atoms with E-state index in [2.05, 4.69) is 126 Å². The van der Waals surface area contributed by atoms with Crippen LogP contribution < -0.4 is 9.64 Å². The van der Waals surface area contributed by atoms with Gasteiger partial charge in [0.05, 0.1) is 12.8 Å². The fourth-order valence-corrected chi connectivity index (χ4v) is 4.87. The molecular weight excluding hydrogens is 446 g/mol. The number of hydrogen-bond acceptors (Lipinski definition) is 3. The molecule has 0 amide bonds. The van der Waals surface area contributed by atoms with Crippen LogP contribution in [0.25, 0.3) is 23.3 Å². The molecule has 0 unspecified atom stereocenters. The van der Waals surface area contributed by atoms with Gasteiger partial charge in [-0.05, 0) is 82.4 Å². The molecule has 1 heterocycles. The van der Waals surface area contributed by atoms with E-state index in [-0.39, 0.29) is 0 Å². The largest absolute Gasteiger partial charge is 0.497 e. The van der Waals surface area contributed by atoms with Gasteiger partial charge >= 0.3 is 0 Å². The molecule has 0 bridgehead atoms. The Labute approximate surface area is 211 Å². The number of anilines is 3. The highest BCUT2D eigenvalue weighted by Crippen LogP contribution is 2.43. The van der Waals surface area contributed by atoms with E-state index in [0.29, 0.717) is 0 Å². The van der Waals surface area contributed by atoms with E-state index in [0.717, 1.165) is 22.7 Å². The van der Waals surface area contributed by atoms with Crippen molar-refractivity contribution in [3.63, 3.8) is 0 Å². The number of aryl methyl sites for hydroxylation is 1. The van der Waals surface area contributed by atoms with Crippen molar-refractivity contribution in [2.45, 2.75) is 6.92 Å². The first-order valence-electron chi connectivity index (χ1n) is 11.6. The van der Waals surface area contributed by atoms with Gasteiger partial charge in [0.15, 0.2) is 0 Å². The number of ether oxygens (including phenoxy) is 1. The quantitative estimate of drug-likeness (QED) is 0.233. The summed E-state index contributed by atoms with van der Waals surface area (Å²) in [6.07, 6.45) is 4.32. The SMILES string of the molecule is COc1ccc(-c2cccc(C)c2N(c2ccccc2)c2ccc(/C=C/c3ccsc3)cc2)cc1. The number of hydrogen-bond donors (Lipinski definition) is 0. The van der Waals surface area contributed by atoms with Crippen LogP contribution in [0.3, 0.4) is 0 Å². The van der Waals surface area contributed by atoms with E-state index in [1.54, 1.807) is 18.4 Å². The van der Waals surface area contributed by atoms with Gasteiger partial charge in [-0.15, -0.1) is 0 Å². The van der Waals surface area contributed by atoms with Crippen molar-refractivity contribution >= 4 is 40.6 Å². The lowest BCUT2D eigenvalue weighted by atomic mass is 9.98. The molecule has 5 rings (SSSR count). The van der Waals surface area contributed by atoms with Crippen LogP contribution in [0.15, 0.2) is 114 Å². The second-order valence-electron chi connectivity index (χ2n) is 8.35. The van der Waals surface area contributed by atoms with E-state index in [9.17, 15) is 0 Å². The third-order valence-electron chi connectivity index (χ3n) is 6.04. The minimum Gasteiger partial charge on any atom is -0.497 e. The summed E-state index contributed by atoms with van der Waals surface area (Å²) in [6.45, 7) is 2.18. The number of nitrogens with zero attached hydrogens (tertiary/aromatic N) is 1. The fourth-order valence-electron chi connectivity index (χ4n) is 4.24. The van der Waals surface area contributed by atoms with Crippen molar-refractivity contribution in [3.8, 4) is 16.9 Å². The molecule has 0 radical (unpaired) electrons. The molecule has 0 N–H and O–H groups in total. The predicted octanol–water partition coefficient (Wildman–Crippen LogP) is 9.37. The van der Waals surface area contributed by atoms with Crippen LogP contribution in [0.2, 0.25) is 0 Å². The summed E-state index contributed by atoms with van der Waals surface area (Å²) in [6, 6.07) is 36.2. The molecule has 1 aromatic heterocycles. The molecule has 0 saturated carbocycles. The van der Waals surface area contributed by atoms with Crippen molar-refractivity contribution in [3.05, 3.63) is 131 Å². The number of rotatable bonds is 7. The van der Waals surface area contributed by atoms with Gasteiger partial charge in [0.25, 0.3) is 0 Å². The smallest absolute Gasteiger partial charge is 0.118 e. The summed E-state index contributed by atoms with van der Waals surface area (Å²) < 4.78 is 5.38. The number of benzene rings is 4. The average molecular weight is 474 g/mol. The van der Waals surface area contributed by atoms with E-state index in [1.165, 1.54) is 27.9 Å². The van der Waals surface area contributed by atoms with Crippen LogP contribution in [0, 0.1) is 6.92 Å². The molecule has 0 saturated heterocycles. The summed E-state index contributed by atoms with van der Waals surface area (Å²) in [4.78, 5) is 2.35. The zero-order valence-electron chi connectivity index (χ0n) is 19.9. The van der Waals surface area contributed by atoms with Gasteiger partial charge in [0, 0.05) is 16.9 Å². The Morgan fingerprint density at radius 3 is 2.09 bits per heavy atom. The molecule has 0 aliphatic heterocycles. The molecule has 0 aliphatic rings. The van der Waals surface area contributed by atoms with Gasteiger partial charge in [-0.3, -0.25) is 0 Å². The zero-order valence-corrected chi connectivity index (χ0v) is 20.7. The summed E-state index contributed by atoms with van der Waals surface area (Å²) in [5, 5.41) is 4.25. The highest BCUT2D eigenvalue weighted by atomic mass is 32.1. The third-order valence-corrected chi connectivity index (χ3v) is 6.74. The molecule has 5 aromatic rings. The van der Waals surface area contributed by atoms with Gasteiger partial charge < -0.3 is 9.64 Å². The lowest BCUT2D eigenvalue weighted by Crippen LogP contribution is -2.12. The Morgan fingerprint density at radius 1 is 0.686 bits per heavy atom. The summed E-state index contributed by atoms with van der Waals surface area (Å²) in [5.74, 6) is 0.856. The Morgan fingerprint density at radius 2 is 1.40 bits per heavy atom. The van der Waals surface area contributed by atoms with Gasteiger partial charge in [-0.1, -0.05) is 72.8 Å². The second kappa shape index (κ2) is 10.5. The minimum absolute atomic E-state index is 0.856. The normalized spacial score (nSPS) is 11.0. The van der Waals surface area contributed by atoms with Crippen LogP contribution in [0.1, 0.15) is 16.7 Å². The van der Waals surface area contributed by atoms with E-state index in [1.807, 2.05) is 12.1 Å². The van der Waals surface area contributed by atoms with Gasteiger partial charge in [-0.2, -0.15) is 11.3 Å². The molecule has 0 spiro atoms. The second-order valence-corrected chi connectivity index (χ2v) is 9.13. The molecule has 35 heavy (non-hydrogen) atoms. The maximum absolute atomic E-state index is 5.38. The first kappa shape index (κ1) is 22.7. The Hall–Kier alpha value is -4.08. The van der Waals surface area contributed by atoms with Crippen molar-refractivity contribution in [1.82, 2.24) is 0 Å². The maximum Gasteiger partial charge on any atom is 0.118 e. The number of thiophene rings is 1. The lowest BCUT2D eigenvalue weighted by molar-refractivity contribution is 0.415. The van der Waals surface area contributed by atoms with Gasteiger partial charge in [-0.25, -0.2) is 0 Å². The van der Waals surface area contributed by atoms with E-state index in [4.69, 9.17) is 4.74 Å². The molecule has 0 atom stereocenters. The van der Waals surface area contributed by atoms with Gasteiger partial charge in [0.1, 0.15) is 5.75 Å². The standard InChI is InChI=1S/C32H27NOS/c1-24-7-6-10-31(27-15-19-30(34-2)20-16-27)32(24)33(28-8-4-3-5-9-28)29-17-13-25(14-18-29)11-12-26-21-22-35-23-26/h3-23H,1-2H3/b12-11+. The third kappa shape index (κ3) is 5.06. The molecule has 3 heteroatoms. The molecule has 4 aromatic carbocycles. The van der Waals surface area contributed by atoms with Crippen LogP contribution in [0.4, 0.5) is 17.1 Å². The predicted molar refractivity (Wildman–Crippen MR) is 151 cm³/mol. The molecular formula is C32H27NOS. The number of methoxy groups -OCH3 is 1. The van der Waals surface area contributed by atoms with E-state index >= 15 is 0 Å². The molecule has 0 aliphatic carbocycles. The highest BCUT2D eigenvalue weighted by Gasteiger charge is 2.19. The molecule has 0 fully saturated rings. The summed E-state index contributed by atoms with van der Waals surface area (Å²) in [5.41, 5.74) is 9.36. The summed E-state index contributed by atoms with van der Waals surface area (Å²) >= 11 is 1.71. The van der Waals surface area contributed by atoms with Crippen molar-refractivity contribution in [1.29, 1.82) is 0 Å². The van der Waals surface area contributed by atoms with Crippen molar-refractivity contribution in [2.24, 2.45) is 0 Å². The average Bonchev–Trinajstić information content (AvgIpc) is 3.44. The molecule has 2 nitrogen and oxygen atoms in total. The first-order valence-corrected chi connectivity index (χ1v) is 12.6. The van der Waals surface area contributed by atoms with Crippen LogP contribution in [-0.4, -0.2) is 7.11 Å². The van der Waals surface area contributed by atoms with Crippen molar-refractivity contribution in [2.75, 3.05) is 12.0 Å². The monoisotopic (exact) mass is 473 g/mol. The first-order chi connectivity index (χ1) is 17.2. The Bertz CT molecular complexity index is 1400. The van der Waals surface area contributed by atoms with Crippen LogP contribution in [-0.2, 0) is 0 Å². The fraction of sp³-hybridized carbons (Fsp3) is 0.0625. The highest BCUT2D eigenvalue weighted by molar-refractivity contribution is 7.08. The topological polar surface area (TPSA) is 12.5 Å².